The zero-order chi connectivity index (χ0) is 13.5. The molecule has 0 N–H and O–H groups in total. The molecule has 1 fully saturated rings. The number of rotatable bonds is 2. The molecule has 3 heteroatoms. The lowest BCUT2D eigenvalue weighted by Crippen LogP contribution is -2.07. The quantitative estimate of drug-likeness (QED) is 0.707. The molecular formula is C17H13NO2. The highest BCUT2D eigenvalue weighted by Gasteiger charge is 2.23. The Bertz CT molecular complexity index is 847. The van der Waals surface area contributed by atoms with Crippen LogP contribution in [0.25, 0.3) is 22.4 Å². The first-order chi connectivity index (χ1) is 9.81. The molecule has 0 amide bonds. The lowest BCUT2D eigenvalue weighted by atomic mass is 10.1. The van der Waals surface area contributed by atoms with Crippen molar-refractivity contribution in [2.24, 2.45) is 0 Å². The maximum atomic E-state index is 12.0. The van der Waals surface area contributed by atoms with Crippen molar-refractivity contribution in [2.45, 2.75) is 18.8 Å². The third kappa shape index (κ3) is 1.92. The second-order valence-electron chi connectivity index (χ2n) is 5.22. The van der Waals surface area contributed by atoms with Gasteiger partial charge in [-0.25, -0.2) is 0 Å². The summed E-state index contributed by atoms with van der Waals surface area (Å²) in [5.41, 5.74) is 2.52. The van der Waals surface area contributed by atoms with Crippen LogP contribution in [0.4, 0.5) is 0 Å². The molecule has 0 radical (unpaired) electrons. The molecule has 1 saturated carbocycles. The van der Waals surface area contributed by atoms with Gasteiger partial charge in [0.25, 0.3) is 5.56 Å². The third-order valence-electron chi connectivity index (χ3n) is 3.71. The van der Waals surface area contributed by atoms with E-state index in [4.69, 9.17) is 4.42 Å². The van der Waals surface area contributed by atoms with E-state index < -0.39 is 0 Å². The number of nitrogens with zero attached hydrogens (tertiary/aromatic N) is 1. The van der Waals surface area contributed by atoms with Crippen LogP contribution in [0.1, 0.15) is 24.3 Å². The van der Waals surface area contributed by atoms with Crippen molar-refractivity contribution < 1.29 is 4.42 Å². The summed E-state index contributed by atoms with van der Waals surface area (Å²) in [6, 6.07) is 15.3. The van der Waals surface area contributed by atoms with Gasteiger partial charge in [0.05, 0.1) is 5.39 Å². The van der Waals surface area contributed by atoms with Crippen molar-refractivity contribution in [3.05, 3.63) is 64.4 Å². The van der Waals surface area contributed by atoms with E-state index in [0.717, 1.165) is 5.56 Å². The van der Waals surface area contributed by atoms with Gasteiger partial charge in [-0.3, -0.25) is 4.79 Å². The lowest BCUT2D eigenvalue weighted by molar-refractivity contribution is 0.595. The third-order valence-corrected chi connectivity index (χ3v) is 3.71. The predicted octanol–water partition coefficient (Wildman–Crippen LogP) is 3.73. The molecule has 3 aromatic rings. The summed E-state index contributed by atoms with van der Waals surface area (Å²) in [6.45, 7) is 0. The highest BCUT2D eigenvalue weighted by Crippen LogP contribution is 2.40. The first-order valence-electron chi connectivity index (χ1n) is 6.81. The minimum absolute atomic E-state index is 0.237. The molecule has 1 aromatic heterocycles. The Kier molecular flexibility index (Phi) is 2.46. The van der Waals surface area contributed by atoms with Gasteiger partial charge in [0.1, 0.15) is 5.58 Å². The van der Waals surface area contributed by atoms with Crippen molar-refractivity contribution in [1.82, 2.24) is 4.98 Å². The number of para-hydroxylation sites is 1. The van der Waals surface area contributed by atoms with E-state index in [1.54, 1.807) is 12.1 Å². The van der Waals surface area contributed by atoms with Crippen LogP contribution >= 0.6 is 0 Å². The normalized spacial score (nSPS) is 14.6. The number of hydrogen-bond acceptors (Lipinski definition) is 3. The summed E-state index contributed by atoms with van der Waals surface area (Å²) in [6.07, 6.45) is 2.50. The van der Waals surface area contributed by atoms with Gasteiger partial charge in [-0.2, -0.15) is 4.98 Å². The minimum Gasteiger partial charge on any atom is -0.437 e. The fourth-order valence-electron chi connectivity index (χ4n) is 2.48. The van der Waals surface area contributed by atoms with E-state index in [2.05, 4.69) is 17.1 Å². The van der Waals surface area contributed by atoms with Crippen LogP contribution in [0.15, 0.2) is 57.7 Å². The Labute approximate surface area is 115 Å². The standard InChI is InChI=1S/C17H13NO2/c19-16-14-6-1-2-7-15(14)20-17(18-16)13-5-3-4-12(10-13)11-8-9-11/h1-7,10-11H,8-9H2. The Morgan fingerprint density at radius 1 is 1.05 bits per heavy atom. The number of fused-ring (bicyclic) bond motifs is 1. The molecule has 0 unspecified atom stereocenters. The molecule has 0 spiro atoms. The average Bonchev–Trinajstić information content (AvgIpc) is 3.32. The largest absolute Gasteiger partial charge is 0.437 e. The molecule has 0 aliphatic heterocycles. The molecule has 0 bridgehead atoms. The van der Waals surface area contributed by atoms with Gasteiger partial charge in [0.15, 0.2) is 0 Å². The van der Waals surface area contributed by atoms with E-state index >= 15 is 0 Å². The topological polar surface area (TPSA) is 43.1 Å². The van der Waals surface area contributed by atoms with E-state index in [9.17, 15) is 4.79 Å². The molecule has 2 aromatic carbocycles. The molecule has 1 aliphatic carbocycles. The molecule has 1 heterocycles. The Morgan fingerprint density at radius 2 is 1.90 bits per heavy atom. The second-order valence-corrected chi connectivity index (χ2v) is 5.22. The van der Waals surface area contributed by atoms with Crippen LogP contribution in [0.5, 0.6) is 0 Å². The molecule has 3 nitrogen and oxygen atoms in total. The molecule has 98 valence electrons. The fourth-order valence-corrected chi connectivity index (χ4v) is 2.48. The van der Waals surface area contributed by atoms with E-state index in [1.165, 1.54) is 18.4 Å². The summed E-state index contributed by atoms with van der Waals surface area (Å²) >= 11 is 0. The van der Waals surface area contributed by atoms with Gasteiger partial charge in [0.2, 0.25) is 5.89 Å². The Balaban J connectivity index is 1.89. The van der Waals surface area contributed by atoms with Crippen LogP contribution in [-0.4, -0.2) is 4.98 Å². The average molecular weight is 263 g/mol. The summed E-state index contributed by atoms with van der Waals surface area (Å²) in [7, 11) is 0. The number of benzene rings is 2. The predicted molar refractivity (Wildman–Crippen MR) is 77.7 cm³/mol. The minimum atomic E-state index is -0.237. The number of hydrogen-bond donors (Lipinski definition) is 0. The monoisotopic (exact) mass is 263 g/mol. The van der Waals surface area contributed by atoms with E-state index in [-0.39, 0.29) is 5.56 Å². The van der Waals surface area contributed by atoms with Crippen molar-refractivity contribution in [3.8, 4) is 11.5 Å². The van der Waals surface area contributed by atoms with Gasteiger partial charge >= 0.3 is 0 Å². The maximum absolute atomic E-state index is 12.0. The molecule has 0 saturated heterocycles. The van der Waals surface area contributed by atoms with Gasteiger partial charge < -0.3 is 4.42 Å². The second kappa shape index (κ2) is 4.30. The van der Waals surface area contributed by atoms with Crippen LogP contribution in [-0.2, 0) is 0 Å². The van der Waals surface area contributed by atoms with E-state index in [1.807, 2.05) is 24.3 Å². The smallest absolute Gasteiger partial charge is 0.284 e. The van der Waals surface area contributed by atoms with Crippen molar-refractivity contribution in [2.75, 3.05) is 0 Å². The highest BCUT2D eigenvalue weighted by atomic mass is 16.3. The van der Waals surface area contributed by atoms with Gasteiger partial charge in [0, 0.05) is 5.56 Å². The van der Waals surface area contributed by atoms with Crippen molar-refractivity contribution in [1.29, 1.82) is 0 Å². The molecule has 1 aliphatic rings. The summed E-state index contributed by atoms with van der Waals surface area (Å²) in [5, 5.41) is 0.523. The molecule has 4 rings (SSSR count). The SMILES string of the molecule is O=c1nc(-c2cccc(C3CC3)c2)oc2ccccc12. The Morgan fingerprint density at radius 3 is 2.75 bits per heavy atom. The first-order valence-corrected chi connectivity index (χ1v) is 6.81. The molecule has 20 heavy (non-hydrogen) atoms. The van der Waals surface area contributed by atoms with Gasteiger partial charge in [-0.15, -0.1) is 0 Å². The summed E-state index contributed by atoms with van der Waals surface area (Å²) in [5.74, 6) is 1.07. The van der Waals surface area contributed by atoms with Crippen molar-refractivity contribution in [3.63, 3.8) is 0 Å². The molecular weight excluding hydrogens is 250 g/mol. The van der Waals surface area contributed by atoms with Crippen LogP contribution in [0.2, 0.25) is 0 Å². The lowest BCUT2D eigenvalue weighted by Gasteiger charge is -2.04. The first kappa shape index (κ1) is 11.4. The van der Waals surface area contributed by atoms with Crippen LogP contribution in [0, 0.1) is 0 Å². The Hall–Kier alpha value is -2.42. The molecule has 0 atom stereocenters. The highest BCUT2D eigenvalue weighted by molar-refractivity contribution is 5.76. The zero-order valence-corrected chi connectivity index (χ0v) is 10.9. The zero-order valence-electron chi connectivity index (χ0n) is 10.9. The van der Waals surface area contributed by atoms with E-state index in [0.29, 0.717) is 22.8 Å². The maximum Gasteiger partial charge on any atom is 0.284 e. The number of aromatic nitrogens is 1. The van der Waals surface area contributed by atoms with Gasteiger partial charge in [-0.05, 0) is 48.6 Å². The van der Waals surface area contributed by atoms with Crippen LogP contribution in [0.3, 0.4) is 0 Å². The fraction of sp³-hybridized carbons (Fsp3) is 0.176. The van der Waals surface area contributed by atoms with Crippen molar-refractivity contribution >= 4 is 11.0 Å². The van der Waals surface area contributed by atoms with Gasteiger partial charge in [-0.1, -0.05) is 24.3 Å². The summed E-state index contributed by atoms with van der Waals surface area (Å²) in [4.78, 5) is 16.1. The summed E-state index contributed by atoms with van der Waals surface area (Å²) < 4.78 is 5.77. The van der Waals surface area contributed by atoms with Crippen LogP contribution < -0.4 is 5.56 Å².